The lowest BCUT2D eigenvalue weighted by Crippen LogP contribution is -1.92. The number of hydrogen-bond acceptors (Lipinski definition) is 3. The molecule has 1 rings (SSSR count). The van der Waals surface area contributed by atoms with E-state index in [1.54, 1.807) is 19.2 Å². The number of hydrogen-bond donors (Lipinski definition) is 2. The first kappa shape index (κ1) is 11.3. The van der Waals surface area contributed by atoms with Crippen molar-refractivity contribution in [2.75, 3.05) is 13.7 Å². The first-order chi connectivity index (χ1) is 6.69. The van der Waals surface area contributed by atoms with Gasteiger partial charge in [-0.3, -0.25) is 0 Å². The quantitative estimate of drug-likeness (QED) is 0.872. The van der Waals surface area contributed by atoms with Crippen molar-refractivity contribution < 1.29 is 14.9 Å². The Bertz CT molecular complexity index is 312. The standard InChI is InChI=1S/C10H13BrO3/c1-14-10-5-7(3-2-4-12)9(13)6-8(10)11/h5-6,12-13H,2-4H2,1H3. The molecule has 0 fully saturated rings. The molecule has 1 aromatic rings. The number of ether oxygens (including phenoxy) is 1. The lowest BCUT2D eigenvalue weighted by molar-refractivity contribution is 0.288. The van der Waals surface area contributed by atoms with Gasteiger partial charge in [0, 0.05) is 6.61 Å². The third kappa shape index (κ3) is 2.62. The summed E-state index contributed by atoms with van der Waals surface area (Å²) in [5, 5.41) is 18.2. The number of aromatic hydroxyl groups is 1. The van der Waals surface area contributed by atoms with E-state index in [0.29, 0.717) is 18.6 Å². The Morgan fingerprint density at radius 1 is 1.43 bits per heavy atom. The fraction of sp³-hybridized carbons (Fsp3) is 0.400. The fourth-order valence-corrected chi connectivity index (χ4v) is 1.70. The number of rotatable bonds is 4. The molecule has 0 aromatic heterocycles. The van der Waals surface area contributed by atoms with Crippen LogP contribution in [-0.2, 0) is 6.42 Å². The van der Waals surface area contributed by atoms with Crippen LogP contribution in [-0.4, -0.2) is 23.9 Å². The molecule has 0 saturated heterocycles. The molecular weight excluding hydrogens is 248 g/mol. The van der Waals surface area contributed by atoms with Gasteiger partial charge in [0.25, 0.3) is 0 Å². The first-order valence-corrected chi connectivity index (χ1v) is 5.14. The molecule has 0 amide bonds. The van der Waals surface area contributed by atoms with Gasteiger partial charge in [0.1, 0.15) is 11.5 Å². The van der Waals surface area contributed by atoms with Gasteiger partial charge < -0.3 is 14.9 Å². The van der Waals surface area contributed by atoms with Crippen LogP contribution in [0.25, 0.3) is 0 Å². The Morgan fingerprint density at radius 2 is 2.14 bits per heavy atom. The van der Waals surface area contributed by atoms with Crippen molar-refractivity contribution in [1.82, 2.24) is 0 Å². The van der Waals surface area contributed by atoms with E-state index in [9.17, 15) is 5.11 Å². The number of aryl methyl sites for hydroxylation is 1. The summed E-state index contributed by atoms with van der Waals surface area (Å²) in [6.45, 7) is 0.123. The molecule has 0 unspecified atom stereocenters. The van der Waals surface area contributed by atoms with Crippen LogP contribution in [0.4, 0.5) is 0 Å². The number of phenolic OH excluding ortho intramolecular Hbond substituents is 1. The predicted octanol–water partition coefficient (Wildman–Crippen LogP) is 2.09. The SMILES string of the molecule is COc1cc(CCCO)c(O)cc1Br. The molecule has 0 aliphatic carbocycles. The molecule has 0 saturated carbocycles. The average Bonchev–Trinajstić information content (AvgIpc) is 2.17. The number of aliphatic hydroxyl groups excluding tert-OH is 1. The van der Waals surface area contributed by atoms with E-state index in [0.717, 1.165) is 10.0 Å². The summed E-state index contributed by atoms with van der Waals surface area (Å²) in [4.78, 5) is 0. The van der Waals surface area contributed by atoms with E-state index in [4.69, 9.17) is 9.84 Å². The molecule has 2 N–H and O–H groups in total. The van der Waals surface area contributed by atoms with Gasteiger partial charge in [-0.25, -0.2) is 0 Å². The largest absolute Gasteiger partial charge is 0.508 e. The van der Waals surface area contributed by atoms with Crippen LogP contribution >= 0.6 is 15.9 Å². The molecule has 0 radical (unpaired) electrons. The van der Waals surface area contributed by atoms with Crippen molar-refractivity contribution >= 4 is 15.9 Å². The molecule has 0 aliphatic rings. The van der Waals surface area contributed by atoms with Crippen molar-refractivity contribution in [3.63, 3.8) is 0 Å². The summed E-state index contributed by atoms with van der Waals surface area (Å²) in [6.07, 6.45) is 1.28. The van der Waals surface area contributed by atoms with Crippen LogP contribution in [0.15, 0.2) is 16.6 Å². The zero-order valence-corrected chi connectivity index (χ0v) is 9.54. The van der Waals surface area contributed by atoms with Crippen LogP contribution in [0.3, 0.4) is 0 Å². The Morgan fingerprint density at radius 3 is 2.71 bits per heavy atom. The molecule has 0 spiro atoms. The highest BCUT2D eigenvalue weighted by molar-refractivity contribution is 9.10. The molecule has 1 aromatic carbocycles. The monoisotopic (exact) mass is 260 g/mol. The maximum atomic E-state index is 9.57. The molecule has 0 heterocycles. The van der Waals surface area contributed by atoms with Crippen LogP contribution in [0.1, 0.15) is 12.0 Å². The second kappa shape index (κ2) is 5.22. The summed E-state index contributed by atoms with van der Waals surface area (Å²) in [7, 11) is 1.58. The van der Waals surface area contributed by atoms with E-state index < -0.39 is 0 Å². The van der Waals surface area contributed by atoms with E-state index in [1.807, 2.05) is 0 Å². The summed E-state index contributed by atoms with van der Waals surface area (Å²) < 4.78 is 5.83. The second-order valence-corrected chi connectivity index (χ2v) is 3.80. The molecular formula is C10H13BrO3. The summed E-state index contributed by atoms with van der Waals surface area (Å²) in [5.74, 6) is 0.918. The van der Waals surface area contributed by atoms with Crippen LogP contribution < -0.4 is 4.74 Å². The topological polar surface area (TPSA) is 49.7 Å². The van der Waals surface area contributed by atoms with Gasteiger partial charge in [0.05, 0.1) is 11.6 Å². The molecule has 3 nitrogen and oxygen atoms in total. The van der Waals surface area contributed by atoms with Crippen molar-refractivity contribution in [2.24, 2.45) is 0 Å². The number of methoxy groups -OCH3 is 1. The van der Waals surface area contributed by atoms with E-state index in [1.165, 1.54) is 0 Å². The van der Waals surface area contributed by atoms with Crippen molar-refractivity contribution in [3.05, 3.63) is 22.2 Å². The van der Waals surface area contributed by atoms with Crippen LogP contribution in [0.5, 0.6) is 11.5 Å². The van der Waals surface area contributed by atoms with Gasteiger partial charge in [-0.15, -0.1) is 0 Å². The minimum absolute atomic E-state index is 0.123. The van der Waals surface area contributed by atoms with Gasteiger partial charge in [0.2, 0.25) is 0 Å². The Balaban J connectivity index is 2.92. The number of aliphatic hydroxyl groups is 1. The maximum Gasteiger partial charge on any atom is 0.133 e. The highest BCUT2D eigenvalue weighted by Gasteiger charge is 2.07. The third-order valence-electron chi connectivity index (χ3n) is 1.96. The van der Waals surface area contributed by atoms with Gasteiger partial charge in [0.15, 0.2) is 0 Å². The minimum Gasteiger partial charge on any atom is -0.508 e. The zero-order valence-electron chi connectivity index (χ0n) is 7.96. The van der Waals surface area contributed by atoms with Crippen molar-refractivity contribution in [3.8, 4) is 11.5 Å². The summed E-state index contributed by atoms with van der Waals surface area (Å²) in [5.41, 5.74) is 0.791. The van der Waals surface area contributed by atoms with E-state index >= 15 is 0 Å². The number of benzene rings is 1. The van der Waals surface area contributed by atoms with Crippen LogP contribution in [0, 0.1) is 0 Å². The molecule has 0 bridgehead atoms. The van der Waals surface area contributed by atoms with E-state index in [-0.39, 0.29) is 12.4 Å². The van der Waals surface area contributed by atoms with Gasteiger partial charge in [-0.05, 0) is 46.5 Å². The highest BCUT2D eigenvalue weighted by atomic mass is 79.9. The average molecular weight is 261 g/mol. The summed E-state index contributed by atoms with van der Waals surface area (Å²) in [6, 6.07) is 3.38. The van der Waals surface area contributed by atoms with Crippen molar-refractivity contribution in [1.29, 1.82) is 0 Å². The summed E-state index contributed by atoms with van der Waals surface area (Å²) >= 11 is 3.28. The molecule has 4 heteroatoms. The smallest absolute Gasteiger partial charge is 0.133 e. The Hall–Kier alpha value is -0.740. The van der Waals surface area contributed by atoms with Gasteiger partial charge in [-0.2, -0.15) is 0 Å². The number of halogens is 1. The Kier molecular flexibility index (Phi) is 4.22. The number of phenols is 1. The fourth-order valence-electron chi connectivity index (χ4n) is 1.21. The second-order valence-electron chi connectivity index (χ2n) is 2.94. The lowest BCUT2D eigenvalue weighted by Gasteiger charge is -2.08. The predicted molar refractivity (Wildman–Crippen MR) is 57.8 cm³/mol. The lowest BCUT2D eigenvalue weighted by atomic mass is 10.1. The first-order valence-electron chi connectivity index (χ1n) is 4.35. The molecule has 14 heavy (non-hydrogen) atoms. The van der Waals surface area contributed by atoms with Crippen LogP contribution in [0.2, 0.25) is 0 Å². The Labute approximate surface area is 91.5 Å². The normalized spacial score (nSPS) is 10.2. The van der Waals surface area contributed by atoms with Gasteiger partial charge >= 0.3 is 0 Å². The minimum atomic E-state index is 0.123. The van der Waals surface area contributed by atoms with E-state index in [2.05, 4.69) is 15.9 Å². The van der Waals surface area contributed by atoms with Crippen molar-refractivity contribution in [2.45, 2.75) is 12.8 Å². The molecule has 78 valence electrons. The third-order valence-corrected chi connectivity index (χ3v) is 2.58. The highest BCUT2D eigenvalue weighted by Crippen LogP contribution is 2.32. The molecule has 0 aliphatic heterocycles. The zero-order chi connectivity index (χ0) is 10.6. The van der Waals surface area contributed by atoms with Gasteiger partial charge in [-0.1, -0.05) is 0 Å². The molecule has 0 atom stereocenters. The maximum absolute atomic E-state index is 9.57.